The number of nitrogens with zero attached hydrogens (tertiary/aromatic N) is 1. The number of ketones is 1. The second-order valence-corrected chi connectivity index (χ2v) is 7.11. The highest BCUT2D eigenvalue weighted by atomic mass is 16.5. The normalized spacial score (nSPS) is 23.7. The van der Waals surface area contributed by atoms with E-state index >= 15 is 0 Å². The van der Waals surface area contributed by atoms with Crippen LogP contribution in [0.1, 0.15) is 50.1 Å². The minimum Gasteiger partial charge on any atom is -0.461 e. The van der Waals surface area contributed by atoms with Gasteiger partial charge in [0.1, 0.15) is 0 Å². The number of rotatable bonds is 5. The Morgan fingerprint density at radius 1 is 1.33 bits per heavy atom. The smallest absolute Gasteiger partial charge is 0.295 e. The number of piperidine rings is 1. The van der Waals surface area contributed by atoms with Gasteiger partial charge in [0.05, 0.1) is 18.0 Å². The molecule has 2 fully saturated rings. The molecule has 1 N–H and O–H groups in total. The predicted molar refractivity (Wildman–Crippen MR) is 88.8 cm³/mol. The minimum absolute atomic E-state index is 0.0102. The molecule has 2 saturated heterocycles. The van der Waals surface area contributed by atoms with E-state index in [4.69, 9.17) is 9.15 Å². The van der Waals surface area contributed by atoms with Gasteiger partial charge in [0.15, 0.2) is 5.76 Å². The van der Waals surface area contributed by atoms with Crippen molar-refractivity contribution in [3.63, 3.8) is 0 Å². The zero-order valence-electron chi connectivity index (χ0n) is 14.4. The van der Waals surface area contributed by atoms with E-state index in [1.54, 1.807) is 6.07 Å². The molecule has 1 aromatic rings. The van der Waals surface area contributed by atoms with E-state index in [2.05, 4.69) is 24.1 Å². The quantitative estimate of drug-likeness (QED) is 0.659. The summed E-state index contributed by atoms with van der Waals surface area (Å²) in [6, 6.07) is 3.66. The molecule has 0 bridgehead atoms. The zero-order chi connectivity index (χ0) is 17.2. The molecule has 1 atom stereocenters. The van der Waals surface area contributed by atoms with Crippen LogP contribution >= 0.6 is 0 Å². The molecule has 0 radical (unpaired) electrons. The Balaban J connectivity index is 1.45. The van der Waals surface area contributed by atoms with Crippen molar-refractivity contribution < 1.29 is 18.7 Å². The van der Waals surface area contributed by atoms with Crippen molar-refractivity contribution >= 4 is 11.7 Å². The first-order valence-corrected chi connectivity index (χ1v) is 8.77. The van der Waals surface area contributed by atoms with Crippen molar-refractivity contribution in [2.75, 3.05) is 19.6 Å². The molecule has 6 nitrogen and oxygen atoms in total. The second-order valence-electron chi connectivity index (χ2n) is 7.11. The molecular weight excluding hydrogens is 308 g/mol. The van der Waals surface area contributed by atoms with Gasteiger partial charge in [0.2, 0.25) is 0 Å². The molecule has 3 heterocycles. The number of carbonyl (C=O) groups excluding carboxylic acids is 2. The summed E-state index contributed by atoms with van der Waals surface area (Å²) in [6.07, 6.45) is 5.42. The summed E-state index contributed by atoms with van der Waals surface area (Å²) >= 11 is 0. The van der Waals surface area contributed by atoms with E-state index < -0.39 is 11.7 Å². The van der Waals surface area contributed by atoms with Gasteiger partial charge in [-0.1, -0.05) is 0 Å². The lowest BCUT2D eigenvalue weighted by molar-refractivity contribution is -0.119. The Kier molecular flexibility index (Phi) is 5.06. The van der Waals surface area contributed by atoms with Gasteiger partial charge >= 0.3 is 0 Å². The number of Topliss-reactive ketones (excluding diaryl/α,β-unsaturated/α-hetero) is 1. The SMILES string of the molecule is CC(C)N1CCC2(CCC(CNC(=O)C(=O)c3ccco3)O2)CC1. The highest BCUT2D eigenvalue weighted by Gasteiger charge is 2.42. The first-order chi connectivity index (χ1) is 11.5. The minimum atomic E-state index is -0.641. The first kappa shape index (κ1) is 17.2. The molecule has 2 aliphatic heterocycles. The van der Waals surface area contributed by atoms with Gasteiger partial charge in [0, 0.05) is 25.7 Å². The van der Waals surface area contributed by atoms with Gasteiger partial charge in [0.25, 0.3) is 11.7 Å². The van der Waals surface area contributed by atoms with E-state index in [0.29, 0.717) is 12.6 Å². The van der Waals surface area contributed by atoms with Crippen LogP contribution in [-0.4, -0.2) is 54.0 Å². The summed E-state index contributed by atoms with van der Waals surface area (Å²) in [5.74, 6) is -1.21. The van der Waals surface area contributed by atoms with E-state index in [9.17, 15) is 9.59 Å². The standard InChI is InChI=1S/C18H26N2O4/c1-13(2)20-9-7-18(8-10-20)6-5-14(24-18)12-19-17(22)16(21)15-4-3-11-23-15/h3-4,11,13-14H,5-10,12H2,1-2H3,(H,19,22). The van der Waals surface area contributed by atoms with Crippen molar-refractivity contribution in [3.8, 4) is 0 Å². The molecule has 3 rings (SSSR count). The maximum atomic E-state index is 11.9. The fraction of sp³-hybridized carbons (Fsp3) is 0.667. The molecular formula is C18H26N2O4. The summed E-state index contributed by atoms with van der Waals surface area (Å²) in [4.78, 5) is 26.2. The number of nitrogens with one attached hydrogen (secondary N) is 1. The van der Waals surface area contributed by atoms with Crippen molar-refractivity contribution in [1.29, 1.82) is 0 Å². The Bertz CT molecular complexity index is 574. The van der Waals surface area contributed by atoms with Crippen molar-refractivity contribution in [1.82, 2.24) is 10.2 Å². The monoisotopic (exact) mass is 334 g/mol. The van der Waals surface area contributed by atoms with Gasteiger partial charge in [-0.15, -0.1) is 0 Å². The lowest BCUT2D eigenvalue weighted by Gasteiger charge is -2.40. The summed E-state index contributed by atoms with van der Waals surface area (Å²) in [6.45, 7) is 6.95. The van der Waals surface area contributed by atoms with Crippen LogP contribution in [-0.2, 0) is 9.53 Å². The van der Waals surface area contributed by atoms with Crippen molar-refractivity contribution in [2.45, 2.75) is 57.3 Å². The number of hydrogen-bond acceptors (Lipinski definition) is 5. The number of hydrogen-bond donors (Lipinski definition) is 1. The topological polar surface area (TPSA) is 71.8 Å². The molecule has 1 unspecified atom stereocenters. The number of likely N-dealkylation sites (tertiary alicyclic amines) is 1. The van der Waals surface area contributed by atoms with Crippen LogP contribution in [0.4, 0.5) is 0 Å². The average molecular weight is 334 g/mol. The maximum absolute atomic E-state index is 11.9. The Hall–Kier alpha value is -1.66. The molecule has 1 aromatic heterocycles. The number of ether oxygens (including phenoxy) is 1. The average Bonchev–Trinajstić information content (AvgIpc) is 3.23. The molecule has 1 amide bonds. The van der Waals surface area contributed by atoms with E-state index in [0.717, 1.165) is 38.8 Å². The number of amides is 1. The van der Waals surface area contributed by atoms with Gasteiger partial charge in [-0.2, -0.15) is 0 Å². The Labute approximate surface area is 142 Å². The van der Waals surface area contributed by atoms with Gasteiger partial charge in [-0.25, -0.2) is 0 Å². The summed E-state index contributed by atoms with van der Waals surface area (Å²) in [5, 5.41) is 2.68. The maximum Gasteiger partial charge on any atom is 0.295 e. The largest absolute Gasteiger partial charge is 0.461 e. The fourth-order valence-corrected chi connectivity index (χ4v) is 3.66. The molecule has 0 saturated carbocycles. The van der Waals surface area contributed by atoms with Crippen LogP contribution in [0.3, 0.4) is 0 Å². The Morgan fingerprint density at radius 3 is 2.71 bits per heavy atom. The summed E-state index contributed by atoms with van der Waals surface area (Å²) < 4.78 is 11.2. The molecule has 132 valence electrons. The van der Waals surface area contributed by atoms with E-state index in [1.807, 2.05) is 0 Å². The van der Waals surface area contributed by atoms with Crippen LogP contribution in [0.5, 0.6) is 0 Å². The summed E-state index contributed by atoms with van der Waals surface area (Å²) in [7, 11) is 0. The number of furan rings is 1. The van der Waals surface area contributed by atoms with Crippen LogP contribution in [0.25, 0.3) is 0 Å². The summed E-state index contributed by atoms with van der Waals surface area (Å²) in [5.41, 5.74) is -0.0359. The first-order valence-electron chi connectivity index (χ1n) is 8.77. The van der Waals surface area contributed by atoms with Gasteiger partial charge in [-0.3, -0.25) is 9.59 Å². The zero-order valence-corrected chi connectivity index (χ0v) is 14.4. The highest BCUT2D eigenvalue weighted by Crippen LogP contribution is 2.39. The fourth-order valence-electron chi connectivity index (χ4n) is 3.66. The Morgan fingerprint density at radius 2 is 2.08 bits per heavy atom. The molecule has 24 heavy (non-hydrogen) atoms. The van der Waals surface area contributed by atoms with Gasteiger partial charge in [-0.05, 0) is 51.7 Å². The molecule has 0 aromatic carbocycles. The van der Waals surface area contributed by atoms with Crippen molar-refractivity contribution in [3.05, 3.63) is 24.2 Å². The van der Waals surface area contributed by atoms with Crippen LogP contribution in [0, 0.1) is 0 Å². The number of carbonyl (C=O) groups is 2. The second kappa shape index (κ2) is 7.07. The third-order valence-corrected chi connectivity index (χ3v) is 5.22. The molecule has 2 aliphatic rings. The highest BCUT2D eigenvalue weighted by molar-refractivity contribution is 6.42. The third-order valence-electron chi connectivity index (χ3n) is 5.22. The lowest BCUT2D eigenvalue weighted by Crippen LogP contribution is -2.47. The lowest BCUT2D eigenvalue weighted by atomic mass is 9.88. The van der Waals surface area contributed by atoms with Gasteiger partial charge < -0.3 is 19.4 Å². The van der Waals surface area contributed by atoms with Crippen LogP contribution in [0.15, 0.2) is 22.8 Å². The van der Waals surface area contributed by atoms with Crippen LogP contribution < -0.4 is 5.32 Å². The van der Waals surface area contributed by atoms with Crippen LogP contribution in [0.2, 0.25) is 0 Å². The molecule has 0 aliphatic carbocycles. The third kappa shape index (κ3) is 3.70. The molecule has 1 spiro atoms. The van der Waals surface area contributed by atoms with Crippen molar-refractivity contribution in [2.24, 2.45) is 0 Å². The predicted octanol–water partition coefficient (Wildman–Crippen LogP) is 2.00. The van der Waals surface area contributed by atoms with E-state index in [1.165, 1.54) is 12.3 Å². The molecule has 6 heteroatoms. The van der Waals surface area contributed by atoms with E-state index in [-0.39, 0.29) is 17.5 Å².